The molecule has 2 fully saturated rings. The molecule has 0 amide bonds. The smallest absolute Gasteiger partial charge is 0.0639 e. The average molecular weight is 220 g/mol. The molecule has 1 N–H and O–H groups in total. The van der Waals surface area contributed by atoms with Crippen molar-refractivity contribution in [2.45, 2.75) is 46.0 Å². The second-order valence-electron chi connectivity index (χ2n) is 6.02. The Kier molecular flexibility index (Phi) is 3.25. The third-order valence-corrected chi connectivity index (χ3v) is 4.66. The second kappa shape index (κ2) is 4.37. The topological polar surface area (TPSA) is 20.2 Å². The molecule has 0 radical (unpaired) electrons. The van der Waals surface area contributed by atoms with Crippen molar-refractivity contribution in [1.29, 1.82) is 0 Å². The molecule has 2 rings (SSSR count). The zero-order valence-corrected chi connectivity index (χ0v) is 10.6. The molecule has 90 valence electrons. The van der Waals surface area contributed by atoms with Gasteiger partial charge in [-0.05, 0) is 56.3 Å². The van der Waals surface area contributed by atoms with Crippen molar-refractivity contribution in [3.05, 3.63) is 23.8 Å². The van der Waals surface area contributed by atoms with E-state index in [1.807, 2.05) is 6.92 Å². The molecule has 1 heteroatoms. The molecule has 0 heterocycles. The summed E-state index contributed by atoms with van der Waals surface area (Å²) in [6.07, 6.45) is 8.80. The summed E-state index contributed by atoms with van der Waals surface area (Å²) in [5.74, 6) is 1.30. The summed E-state index contributed by atoms with van der Waals surface area (Å²) in [7, 11) is 0. The second-order valence-corrected chi connectivity index (χ2v) is 6.02. The Hall–Kier alpha value is -0.560. The lowest BCUT2D eigenvalue weighted by atomic mass is 9.65. The van der Waals surface area contributed by atoms with E-state index in [1.165, 1.54) is 37.7 Å². The van der Waals surface area contributed by atoms with Crippen molar-refractivity contribution >= 4 is 0 Å². The van der Waals surface area contributed by atoms with Crippen LogP contribution in [0.4, 0.5) is 0 Å². The number of hydrogen-bond acceptors (Lipinski definition) is 1. The van der Waals surface area contributed by atoms with E-state index in [4.69, 9.17) is 5.11 Å². The van der Waals surface area contributed by atoms with Gasteiger partial charge < -0.3 is 5.11 Å². The minimum absolute atomic E-state index is 0.201. The van der Waals surface area contributed by atoms with Crippen LogP contribution in [0.15, 0.2) is 23.8 Å². The van der Waals surface area contributed by atoms with E-state index in [0.29, 0.717) is 17.3 Å². The van der Waals surface area contributed by atoms with E-state index in [2.05, 4.69) is 19.6 Å². The Morgan fingerprint density at radius 3 is 3.00 bits per heavy atom. The molecule has 1 nitrogen and oxygen atoms in total. The lowest BCUT2D eigenvalue weighted by Crippen LogP contribution is -2.30. The van der Waals surface area contributed by atoms with Crippen LogP contribution in [0.2, 0.25) is 0 Å². The lowest BCUT2D eigenvalue weighted by molar-refractivity contribution is 0.187. The van der Waals surface area contributed by atoms with Gasteiger partial charge in [-0.25, -0.2) is 0 Å². The minimum Gasteiger partial charge on any atom is -0.392 e. The average Bonchev–Trinajstić information content (AvgIpc) is 2.57. The van der Waals surface area contributed by atoms with Crippen molar-refractivity contribution in [3.63, 3.8) is 0 Å². The van der Waals surface area contributed by atoms with Crippen LogP contribution >= 0.6 is 0 Å². The number of rotatable bonds is 2. The number of hydrogen-bond donors (Lipinski definition) is 1. The van der Waals surface area contributed by atoms with Gasteiger partial charge >= 0.3 is 0 Å². The molecule has 2 saturated carbocycles. The molecular formula is C15H24O. The number of fused-ring (bicyclic) bond motifs is 1. The van der Waals surface area contributed by atoms with Gasteiger partial charge in [-0.2, -0.15) is 0 Å². The SMILES string of the molecule is C=C1CCC[C@]2(C)CC[C@H](/C=C(\C)CO)[C@@H]12. The molecule has 0 bridgehead atoms. The van der Waals surface area contributed by atoms with Gasteiger partial charge in [0.05, 0.1) is 6.61 Å². The highest BCUT2D eigenvalue weighted by atomic mass is 16.3. The summed E-state index contributed by atoms with van der Waals surface area (Å²) in [4.78, 5) is 0. The molecular weight excluding hydrogens is 196 g/mol. The standard InChI is InChI=1S/C15H24O/c1-11(10-16)9-13-6-8-15(3)7-4-5-12(2)14(13)15/h9,13-14,16H,2,4-8,10H2,1,3H3/b11-9+/t13-,14-,15-/m1/s1. The quantitative estimate of drug-likeness (QED) is 0.704. The molecule has 2 aliphatic rings. The van der Waals surface area contributed by atoms with E-state index < -0.39 is 0 Å². The van der Waals surface area contributed by atoms with Gasteiger partial charge in [0.25, 0.3) is 0 Å². The molecule has 0 saturated heterocycles. The summed E-state index contributed by atoms with van der Waals surface area (Å²) in [6.45, 7) is 8.96. The summed E-state index contributed by atoms with van der Waals surface area (Å²) in [5, 5.41) is 9.13. The van der Waals surface area contributed by atoms with Gasteiger partial charge in [0.15, 0.2) is 0 Å². The Labute approximate surface area is 99.3 Å². The van der Waals surface area contributed by atoms with E-state index in [0.717, 1.165) is 5.57 Å². The molecule has 2 aliphatic carbocycles. The van der Waals surface area contributed by atoms with E-state index >= 15 is 0 Å². The molecule has 16 heavy (non-hydrogen) atoms. The zero-order chi connectivity index (χ0) is 11.8. The first-order valence-electron chi connectivity index (χ1n) is 6.52. The number of allylic oxidation sites excluding steroid dienone is 2. The fraction of sp³-hybridized carbons (Fsp3) is 0.733. The Morgan fingerprint density at radius 1 is 1.56 bits per heavy atom. The predicted octanol–water partition coefficient (Wildman–Crippen LogP) is 3.70. The fourth-order valence-electron chi connectivity index (χ4n) is 3.88. The Bertz CT molecular complexity index is 315. The molecule has 3 atom stereocenters. The van der Waals surface area contributed by atoms with Crippen molar-refractivity contribution < 1.29 is 5.11 Å². The normalized spacial score (nSPS) is 39.9. The first kappa shape index (κ1) is 11.9. The van der Waals surface area contributed by atoms with Gasteiger partial charge in [0.1, 0.15) is 0 Å². The molecule has 0 aromatic rings. The summed E-state index contributed by atoms with van der Waals surface area (Å²) >= 11 is 0. The Morgan fingerprint density at radius 2 is 2.31 bits per heavy atom. The maximum Gasteiger partial charge on any atom is 0.0639 e. The van der Waals surface area contributed by atoms with Crippen molar-refractivity contribution in [2.24, 2.45) is 17.3 Å². The Balaban J connectivity index is 2.21. The summed E-state index contributed by atoms with van der Waals surface area (Å²) in [6, 6.07) is 0. The summed E-state index contributed by atoms with van der Waals surface area (Å²) in [5.41, 5.74) is 3.07. The van der Waals surface area contributed by atoms with Crippen molar-refractivity contribution in [1.82, 2.24) is 0 Å². The van der Waals surface area contributed by atoms with Crippen LogP contribution in [0.5, 0.6) is 0 Å². The van der Waals surface area contributed by atoms with E-state index in [-0.39, 0.29) is 6.61 Å². The van der Waals surface area contributed by atoms with Crippen molar-refractivity contribution in [3.8, 4) is 0 Å². The lowest BCUT2D eigenvalue weighted by Gasteiger charge is -2.39. The molecule has 0 aromatic carbocycles. The van der Waals surface area contributed by atoms with Gasteiger partial charge in [-0.1, -0.05) is 30.7 Å². The van der Waals surface area contributed by atoms with Crippen molar-refractivity contribution in [2.75, 3.05) is 6.61 Å². The highest BCUT2D eigenvalue weighted by molar-refractivity contribution is 5.20. The van der Waals surface area contributed by atoms with Gasteiger partial charge in [0.2, 0.25) is 0 Å². The highest BCUT2D eigenvalue weighted by Crippen LogP contribution is 2.56. The van der Waals surface area contributed by atoms with Crippen LogP contribution in [0.1, 0.15) is 46.0 Å². The largest absolute Gasteiger partial charge is 0.392 e. The minimum atomic E-state index is 0.201. The third kappa shape index (κ3) is 1.98. The van der Waals surface area contributed by atoms with E-state index in [9.17, 15) is 0 Å². The van der Waals surface area contributed by atoms with E-state index in [1.54, 1.807) is 0 Å². The summed E-state index contributed by atoms with van der Waals surface area (Å²) < 4.78 is 0. The van der Waals surface area contributed by atoms with Crippen LogP contribution in [0.3, 0.4) is 0 Å². The third-order valence-electron chi connectivity index (χ3n) is 4.66. The first-order valence-corrected chi connectivity index (χ1v) is 6.52. The molecule has 0 aromatic heterocycles. The first-order chi connectivity index (χ1) is 7.57. The fourth-order valence-corrected chi connectivity index (χ4v) is 3.88. The zero-order valence-electron chi connectivity index (χ0n) is 10.6. The maximum absolute atomic E-state index is 9.13. The molecule has 0 unspecified atom stereocenters. The highest BCUT2D eigenvalue weighted by Gasteiger charge is 2.46. The maximum atomic E-state index is 9.13. The van der Waals surface area contributed by atoms with Gasteiger partial charge in [-0.3, -0.25) is 0 Å². The molecule has 0 spiro atoms. The van der Waals surface area contributed by atoms with Crippen LogP contribution in [-0.2, 0) is 0 Å². The predicted molar refractivity (Wildman–Crippen MR) is 68.2 cm³/mol. The van der Waals surface area contributed by atoms with Gasteiger partial charge in [0, 0.05) is 0 Å². The molecule has 0 aliphatic heterocycles. The number of aliphatic hydroxyl groups is 1. The van der Waals surface area contributed by atoms with Crippen LogP contribution < -0.4 is 0 Å². The van der Waals surface area contributed by atoms with Crippen LogP contribution in [0.25, 0.3) is 0 Å². The monoisotopic (exact) mass is 220 g/mol. The number of aliphatic hydroxyl groups excluding tert-OH is 1. The van der Waals surface area contributed by atoms with Crippen LogP contribution in [-0.4, -0.2) is 11.7 Å². The van der Waals surface area contributed by atoms with Crippen LogP contribution in [0, 0.1) is 17.3 Å². The van der Waals surface area contributed by atoms with Gasteiger partial charge in [-0.15, -0.1) is 0 Å².